The molecule has 0 bridgehead atoms. The normalized spacial score (nSPS) is 14.6. The largest absolute Gasteiger partial charge is 0.504 e. The molecule has 3 aromatic carbocycles. The highest BCUT2D eigenvalue weighted by atomic mass is 16.5. The van der Waals surface area contributed by atoms with Crippen molar-refractivity contribution < 1.29 is 28.5 Å². The smallest absolute Gasteiger partial charge is 0.290 e. The third-order valence-corrected chi connectivity index (χ3v) is 7.01. The second-order valence-electron chi connectivity index (χ2n) is 9.40. The van der Waals surface area contributed by atoms with E-state index >= 15 is 0 Å². The van der Waals surface area contributed by atoms with Crippen molar-refractivity contribution in [2.24, 2.45) is 0 Å². The van der Waals surface area contributed by atoms with Gasteiger partial charge >= 0.3 is 0 Å². The highest BCUT2D eigenvalue weighted by molar-refractivity contribution is 5.99. The van der Waals surface area contributed by atoms with Crippen molar-refractivity contribution in [3.63, 3.8) is 0 Å². The first-order valence-corrected chi connectivity index (χ1v) is 12.2. The molecule has 1 N–H and O–H groups in total. The van der Waals surface area contributed by atoms with Crippen molar-refractivity contribution in [3.05, 3.63) is 92.3 Å². The number of phenolic OH excluding ortho intramolecular Hbond substituents is 1. The molecule has 0 fully saturated rings. The summed E-state index contributed by atoms with van der Waals surface area (Å²) in [7, 11) is 4.60. The molecular formula is C30H29NO7. The maximum absolute atomic E-state index is 13.9. The third-order valence-electron chi connectivity index (χ3n) is 7.01. The van der Waals surface area contributed by atoms with Gasteiger partial charge in [-0.05, 0) is 72.9 Å². The summed E-state index contributed by atoms with van der Waals surface area (Å²) < 4.78 is 22.2. The number of carbonyl (C=O) groups is 1. The van der Waals surface area contributed by atoms with E-state index in [0.29, 0.717) is 41.0 Å². The Labute approximate surface area is 220 Å². The fourth-order valence-corrected chi connectivity index (χ4v) is 5.20. The van der Waals surface area contributed by atoms with Crippen LogP contribution in [0.5, 0.6) is 23.0 Å². The molecular weight excluding hydrogens is 486 g/mol. The van der Waals surface area contributed by atoms with Gasteiger partial charge in [0, 0.05) is 6.54 Å². The summed E-state index contributed by atoms with van der Waals surface area (Å²) in [6, 6.07) is 13.4. The molecule has 38 heavy (non-hydrogen) atoms. The third kappa shape index (κ3) is 4.12. The summed E-state index contributed by atoms with van der Waals surface area (Å²) in [5, 5.41) is 10.6. The first-order valence-electron chi connectivity index (χ1n) is 12.2. The van der Waals surface area contributed by atoms with Crippen molar-refractivity contribution in [2.45, 2.75) is 26.3 Å². The zero-order valence-corrected chi connectivity index (χ0v) is 22.0. The average molecular weight is 516 g/mol. The van der Waals surface area contributed by atoms with Crippen LogP contribution < -0.4 is 19.6 Å². The number of aromatic hydroxyl groups is 1. The van der Waals surface area contributed by atoms with Crippen LogP contribution in [-0.2, 0) is 6.42 Å². The Morgan fingerprint density at radius 3 is 2.34 bits per heavy atom. The fraction of sp³-hybridized carbons (Fsp3) is 0.267. The highest BCUT2D eigenvalue weighted by Crippen LogP contribution is 2.41. The van der Waals surface area contributed by atoms with Gasteiger partial charge < -0.3 is 28.6 Å². The van der Waals surface area contributed by atoms with Crippen LogP contribution in [0.3, 0.4) is 0 Å². The molecule has 4 aromatic rings. The maximum Gasteiger partial charge on any atom is 0.290 e. The van der Waals surface area contributed by atoms with Crippen LogP contribution in [0.15, 0.2) is 57.7 Å². The number of rotatable bonds is 7. The topological polar surface area (TPSA) is 98.4 Å². The molecule has 196 valence electrons. The lowest BCUT2D eigenvalue weighted by Crippen LogP contribution is -2.31. The predicted octanol–water partition coefficient (Wildman–Crippen LogP) is 4.93. The number of fused-ring (bicyclic) bond motifs is 2. The minimum Gasteiger partial charge on any atom is -0.504 e. The number of methoxy groups -OCH3 is 3. The number of ether oxygens (including phenoxy) is 3. The van der Waals surface area contributed by atoms with E-state index in [1.807, 2.05) is 38.1 Å². The Morgan fingerprint density at radius 1 is 0.895 bits per heavy atom. The van der Waals surface area contributed by atoms with E-state index in [1.54, 1.807) is 37.3 Å². The zero-order valence-electron chi connectivity index (χ0n) is 22.0. The molecule has 0 radical (unpaired) electrons. The van der Waals surface area contributed by atoms with E-state index < -0.39 is 6.04 Å². The van der Waals surface area contributed by atoms with Gasteiger partial charge in [0.2, 0.25) is 5.76 Å². The number of nitrogens with zero attached hydrogens (tertiary/aromatic N) is 1. The van der Waals surface area contributed by atoms with Crippen molar-refractivity contribution in [1.29, 1.82) is 0 Å². The monoisotopic (exact) mass is 515 g/mol. The average Bonchev–Trinajstić information content (AvgIpc) is 3.19. The van der Waals surface area contributed by atoms with Gasteiger partial charge in [0.05, 0.1) is 38.3 Å². The van der Waals surface area contributed by atoms with E-state index in [-0.39, 0.29) is 34.2 Å². The Balaban J connectivity index is 1.64. The van der Waals surface area contributed by atoms with Crippen LogP contribution in [0.4, 0.5) is 0 Å². The molecule has 2 heterocycles. The summed E-state index contributed by atoms with van der Waals surface area (Å²) >= 11 is 0. The summed E-state index contributed by atoms with van der Waals surface area (Å²) in [6.07, 6.45) is 0.498. The summed E-state index contributed by atoms with van der Waals surface area (Å²) in [4.78, 5) is 29.3. The van der Waals surface area contributed by atoms with Crippen LogP contribution in [0, 0.1) is 13.8 Å². The molecule has 5 rings (SSSR count). The number of hydrogen-bond donors (Lipinski definition) is 1. The standard InChI is InChI=1S/C30H29NO7/c1-16-12-17(2)28-20(13-16)27(33)25-26(19-7-8-21(32)23(15-19)36-4)31(30(34)29(25)38-28)11-10-18-6-9-22(35-3)24(14-18)37-5/h6-9,12-15,26,32H,10-11H2,1-5H3. The molecule has 1 atom stereocenters. The lowest BCUT2D eigenvalue weighted by molar-refractivity contribution is 0.0730. The molecule has 1 aliphatic rings. The molecule has 8 nitrogen and oxygen atoms in total. The molecule has 8 heteroatoms. The van der Waals surface area contributed by atoms with Crippen LogP contribution in [0.1, 0.15) is 44.4 Å². The SMILES string of the molecule is COc1cc(C2c3c(oc4c(C)cc(C)cc4c3=O)C(=O)N2CCc2ccc(OC)c(OC)c2)ccc1O. The number of phenols is 1. The van der Waals surface area contributed by atoms with Crippen LogP contribution in [0.2, 0.25) is 0 Å². The molecule has 0 aliphatic carbocycles. The van der Waals surface area contributed by atoms with E-state index in [9.17, 15) is 14.7 Å². The lowest BCUT2D eigenvalue weighted by Gasteiger charge is -2.25. The Morgan fingerprint density at radius 2 is 1.63 bits per heavy atom. The Hall–Kier alpha value is -4.46. The minimum atomic E-state index is -0.714. The molecule has 0 spiro atoms. The van der Waals surface area contributed by atoms with Crippen molar-refractivity contribution in [2.75, 3.05) is 27.9 Å². The molecule has 0 saturated carbocycles. The van der Waals surface area contributed by atoms with Crippen LogP contribution in [-0.4, -0.2) is 43.8 Å². The van der Waals surface area contributed by atoms with Crippen LogP contribution in [0.25, 0.3) is 11.0 Å². The van der Waals surface area contributed by atoms with Gasteiger partial charge in [0.1, 0.15) is 5.58 Å². The molecule has 1 aromatic heterocycles. The molecule has 0 saturated heterocycles. The number of aryl methyl sites for hydroxylation is 2. The van der Waals surface area contributed by atoms with Gasteiger partial charge in [-0.15, -0.1) is 0 Å². The second kappa shape index (κ2) is 9.78. The van der Waals surface area contributed by atoms with Crippen molar-refractivity contribution in [3.8, 4) is 23.0 Å². The number of benzene rings is 3. The lowest BCUT2D eigenvalue weighted by atomic mass is 9.97. The van der Waals surface area contributed by atoms with Gasteiger partial charge in [-0.1, -0.05) is 18.2 Å². The van der Waals surface area contributed by atoms with Gasteiger partial charge in [-0.2, -0.15) is 0 Å². The van der Waals surface area contributed by atoms with Gasteiger partial charge in [-0.3, -0.25) is 9.59 Å². The molecule has 1 aliphatic heterocycles. The molecule has 1 unspecified atom stereocenters. The summed E-state index contributed by atoms with van der Waals surface area (Å²) in [5.74, 6) is 1.10. The molecule has 1 amide bonds. The van der Waals surface area contributed by atoms with E-state index in [2.05, 4.69) is 0 Å². The van der Waals surface area contributed by atoms with E-state index in [1.165, 1.54) is 13.2 Å². The minimum absolute atomic E-state index is 0.0329. The van der Waals surface area contributed by atoms with E-state index in [0.717, 1.165) is 16.7 Å². The predicted molar refractivity (Wildman–Crippen MR) is 143 cm³/mol. The summed E-state index contributed by atoms with van der Waals surface area (Å²) in [6.45, 7) is 4.09. The van der Waals surface area contributed by atoms with Crippen molar-refractivity contribution in [1.82, 2.24) is 4.90 Å². The van der Waals surface area contributed by atoms with Gasteiger partial charge in [0.25, 0.3) is 5.91 Å². The first-order chi connectivity index (χ1) is 18.3. The van der Waals surface area contributed by atoms with E-state index in [4.69, 9.17) is 18.6 Å². The first kappa shape index (κ1) is 25.2. The fourth-order valence-electron chi connectivity index (χ4n) is 5.20. The van der Waals surface area contributed by atoms with Crippen LogP contribution >= 0.6 is 0 Å². The Kier molecular flexibility index (Phi) is 6.48. The second-order valence-corrected chi connectivity index (χ2v) is 9.40. The zero-order chi connectivity index (χ0) is 27.1. The number of hydrogen-bond acceptors (Lipinski definition) is 7. The number of carbonyl (C=O) groups excluding carboxylic acids is 1. The van der Waals surface area contributed by atoms with Crippen molar-refractivity contribution >= 4 is 16.9 Å². The number of amides is 1. The summed E-state index contributed by atoms with van der Waals surface area (Å²) in [5.41, 5.74) is 3.75. The highest BCUT2D eigenvalue weighted by Gasteiger charge is 2.43. The maximum atomic E-state index is 13.9. The van der Waals surface area contributed by atoms with Gasteiger partial charge in [0.15, 0.2) is 28.4 Å². The van der Waals surface area contributed by atoms with Gasteiger partial charge in [-0.25, -0.2) is 0 Å². The Bertz CT molecular complexity index is 1620. The quantitative estimate of drug-likeness (QED) is 0.373.